The molecule has 0 bridgehead atoms. The lowest BCUT2D eigenvalue weighted by Crippen LogP contribution is -2.27. The van der Waals surface area contributed by atoms with Crippen LogP contribution in [0.5, 0.6) is 5.75 Å². The van der Waals surface area contributed by atoms with Gasteiger partial charge in [0.25, 0.3) is 0 Å². The Labute approximate surface area is 146 Å². The molecule has 5 heteroatoms. The van der Waals surface area contributed by atoms with Gasteiger partial charge in [-0.1, -0.05) is 12.1 Å². The number of esters is 1. The number of anilines is 1. The molecule has 1 aliphatic heterocycles. The molecule has 3 rings (SSSR count). The summed E-state index contributed by atoms with van der Waals surface area (Å²) in [5, 5.41) is 0. The molecule has 25 heavy (non-hydrogen) atoms. The van der Waals surface area contributed by atoms with E-state index in [0.717, 1.165) is 23.1 Å². The van der Waals surface area contributed by atoms with E-state index >= 15 is 0 Å². The highest BCUT2D eigenvalue weighted by Gasteiger charge is 2.36. The molecule has 1 atom stereocenters. The third-order valence-electron chi connectivity index (χ3n) is 4.35. The van der Waals surface area contributed by atoms with Gasteiger partial charge in [-0.3, -0.25) is 14.4 Å². The maximum absolute atomic E-state index is 12.4. The lowest BCUT2D eigenvalue weighted by molar-refractivity contribution is -0.139. The van der Waals surface area contributed by atoms with Crippen LogP contribution >= 0.6 is 0 Å². The van der Waals surface area contributed by atoms with Gasteiger partial charge in [-0.05, 0) is 55.3 Å². The summed E-state index contributed by atoms with van der Waals surface area (Å²) < 4.78 is 5.35. The van der Waals surface area contributed by atoms with Crippen LogP contribution in [0.4, 0.5) is 5.69 Å². The van der Waals surface area contributed by atoms with Crippen molar-refractivity contribution in [3.63, 3.8) is 0 Å². The zero-order valence-corrected chi connectivity index (χ0v) is 14.2. The monoisotopic (exact) mass is 337 g/mol. The molecular formula is C20H19NO4. The van der Waals surface area contributed by atoms with Gasteiger partial charge in [-0.25, -0.2) is 0 Å². The molecule has 0 aliphatic carbocycles. The van der Waals surface area contributed by atoms with Crippen molar-refractivity contribution in [1.82, 2.24) is 0 Å². The highest BCUT2D eigenvalue weighted by Crippen LogP contribution is 2.29. The minimum Gasteiger partial charge on any atom is -0.426 e. The summed E-state index contributed by atoms with van der Waals surface area (Å²) in [5.41, 5.74) is 3.42. The van der Waals surface area contributed by atoms with Crippen LogP contribution < -0.4 is 9.64 Å². The summed E-state index contributed by atoms with van der Waals surface area (Å²) in [7, 11) is 0. The Bertz CT molecular complexity index is 826. The number of carbonyl (C=O) groups excluding carboxylic acids is 3. The number of benzene rings is 2. The summed E-state index contributed by atoms with van der Waals surface area (Å²) in [6.45, 7) is 4.23. The number of aldehydes is 1. The minimum atomic E-state index is -0.502. The maximum Gasteiger partial charge on any atom is 0.316 e. The first kappa shape index (κ1) is 16.9. The second-order valence-corrected chi connectivity index (χ2v) is 6.30. The Morgan fingerprint density at radius 1 is 1.16 bits per heavy atom. The molecule has 2 aromatic rings. The van der Waals surface area contributed by atoms with Crippen LogP contribution in [0.15, 0.2) is 42.5 Å². The van der Waals surface area contributed by atoms with E-state index in [9.17, 15) is 14.4 Å². The van der Waals surface area contributed by atoms with Crippen LogP contribution in [0.1, 0.15) is 27.9 Å². The number of hydrogen-bond donors (Lipinski definition) is 0. The van der Waals surface area contributed by atoms with Crippen molar-refractivity contribution in [3.05, 3.63) is 59.2 Å². The normalized spacial score (nSPS) is 16.8. The standard InChI is InChI=1S/C20H19NO4/c1-13-3-4-14(2)18(9-13)21-11-16(10-19(21)23)20(24)25-17-7-5-15(12-22)6-8-17/h3-9,12,16H,10-11H2,1-2H3/t16-/m0/s1. The largest absolute Gasteiger partial charge is 0.426 e. The van der Waals surface area contributed by atoms with Crippen molar-refractivity contribution in [2.24, 2.45) is 5.92 Å². The van der Waals surface area contributed by atoms with E-state index in [2.05, 4.69) is 0 Å². The zero-order valence-electron chi connectivity index (χ0n) is 14.2. The Morgan fingerprint density at radius 2 is 1.88 bits per heavy atom. The third kappa shape index (κ3) is 3.60. The average molecular weight is 337 g/mol. The third-order valence-corrected chi connectivity index (χ3v) is 4.35. The predicted octanol–water partition coefficient (Wildman–Crippen LogP) is 3.07. The summed E-state index contributed by atoms with van der Waals surface area (Å²) in [6.07, 6.45) is 0.863. The number of hydrogen-bond acceptors (Lipinski definition) is 4. The fourth-order valence-electron chi connectivity index (χ4n) is 2.92. The fraction of sp³-hybridized carbons (Fsp3) is 0.250. The van der Waals surface area contributed by atoms with Gasteiger partial charge in [-0.15, -0.1) is 0 Å². The first-order chi connectivity index (χ1) is 12.0. The smallest absolute Gasteiger partial charge is 0.316 e. The van der Waals surface area contributed by atoms with Gasteiger partial charge in [0.2, 0.25) is 5.91 Å². The van der Waals surface area contributed by atoms with Crippen molar-refractivity contribution in [1.29, 1.82) is 0 Å². The lowest BCUT2D eigenvalue weighted by Gasteiger charge is -2.19. The predicted molar refractivity (Wildman–Crippen MR) is 93.8 cm³/mol. The van der Waals surface area contributed by atoms with Crippen LogP contribution in [0, 0.1) is 19.8 Å². The van der Waals surface area contributed by atoms with Crippen molar-refractivity contribution >= 4 is 23.9 Å². The molecule has 0 N–H and O–H groups in total. The van der Waals surface area contributed by atoms with Crippen LogP contribution in [-0.4, -0.2) is 24.7 Å². The molecule has 1 saturated heterocycles. The van der Waals surface area contributed by atoms with Crippen molar-refractivity contribution in [2.75, 3.05) is 11.4 Å². The summed E-state index contributed by atoms with van der Waals surface area (Å²) in [5.74, 6) is -0.640. The zero-order chi connectivity index (χ0) is 18.0. The van der Waals surface area contributed by atoms with Gasteiger partial charge in [0.1, 0.15) is 12.0 Å². The van der Waals surface area contributed by atoms with Gasteiger partial charge < -0.3 is 9.64 Å². The summed E-state index contributed by atoms with van der Waals surface area (Å²) >= 11 is 0. The van der Waals surface area contributed by atoms with Gasteiger partial charge in [0.15, 0.2) is 0 Å². The highest BCUT2D eigenvalue weighted by atomic mass is 16.5. The summed E-state index contributed by atoms with van der Waals surface area (Å²) in [6, 6.07) is 12.2. The van der Waals surface area contributed by atoms with E-state index in [0.29, 0.717) is 17.9 Å². The van der Waals surface area contributed by atoms with E-state index in [-0.39, 0.29) is 12.3 Å². The molecule has 2 aromatic carbocycles. The van der Waals surface area contributed by atoms with Crippen molar-refractivity contribution in [2.45, 2.75) is 20.3 Å². The number of nitrogens with zero attached hydrogens (tertiary/aromatic N) is 1. The highest BCUT2D eigenvalue weighted by molar-refractivity contribution is 6.00. The van der Waals surface area contributed by atoms with Crippen LogP contribution in [0.25, 0.3) is 0 Å². The molecule has 5 nitrogen and oxygen atoms in total. The topological polar surface area (TPSA) is 63.7 Å². The molecular weight excluding hydrogens is 318 g/mol. The maximum atomic E-state index is 12.4. The fourth-order valence-corrected chi connectivity index (χ4v) is 2.92. The van der Waals surface area contributed by atoms with Gasteiger partial charge in [0, 0.05) is 24.2 Å². The molecule has 1 fully saturated rings. The number of aryl methyl sites for hydroxylation is 2. The molecule has 0 saturated carbocycles. The minimum absolute atomic E-state index is 0.0769. The Balaban J connectivity index is 1.71. The van der Waals surface area contributed by atoms with E-state index in [1.54, 1.807) is 29.2 Å². The van der Waals surface area contributed by atoms with Crippen molar-refractivity contribution in [3.8, 4) is 5.75 Å². The SMILES string of the molecule is Cc1ccc(C)c(N2C[C@@H](C(=O)Oc3ccc(C=O)cc3)CC2=O)c1. The van der Waals surface area contributed by atoms with Crippen LogP contribution in [0.2, 0.25) is 0 Å². The van der Waals surface area contributed by atoms with Crippen molar-refractivity contribution < 1.29 is 19.1 Å². The molecule has 0 spiro atoms. The lowest BCUT2D eigenvalue weighted by atomic mass is 10.1. The van der Waals surface area contributed by atoms with Gasteiger partial charge in [-0.2, -0.15) is 0 Å². The van der Waals surface area contributed by atoms with E-state index in [1.165, 1.54) is 0 Å². The molecule has 0 aromatic heterocycles. The summed E-state index contributed by atoms with van der Waals surface area (Å²) in [4.78, 5) is 37.1. The molecule has 1 heterocycles. The van der Waals surface area contributed by atoms with Crippen LogP contribution in [-0.2, 0) is 9.59 Å². The van der Waals surface area contributed by atoms with E-state index < -0.39 is 11.9 Å². The van der Waals surface area contributed by atoms with Crippen LogP contribution in [0.3, 0.4) is 0 Å². The van der Waals surface area contributed by atoms with Gasteiger partial charge in [0.05, 0.1) is 5.92 Å². The van der Waals surface area contributed by atoms with E-state index in [4.69, 9.17) is 4.74 Å². The first-order valence-corrected chi connectivity index (χ1v) is 8.12. The van der Waals surface area contributed by atoms with Gasteiger partial charge >= 0.3 is 5.97 Å². The molecule has 128 valence electrons. The number of amides is 1. The molecule has 1 aliphatic rings. The quantitative estimate of drug-likeness (QED) is 0.489. The second-order valence-electron chi connectivity index (χ2n) is 6.30. The molecule has 0 radical (unpaired) electrons. The Kier molecular flexibility index (Phi) is 4.65. The number of carbonyl (C=O) groups is 3. The number of rotatable bonds is 4. The second kappa shape index (κ2) is 6.89. The molecule has 0 unspecified atom stereocenters. The molecule has 1 amide bonds. The van der Waals surface area contributed by atoms with E-state index in [1.807, 2.05) is 32.0 Å². The Hall–Kier alpha value is -2.95. The number of ether oxygens (including phenoxy) is 1. The average Bonchev–Trinajstić information content (AvgIpc) is 2.99. The Morgan fingerprint density at radius 3 is 2.56 bits per heavy atom. The first-order valence-electron chi connectivity index (χ1n) is 8.12.